The van der Waals surface area contributed by atoms with Crippen molar-refractivity contribution in [2.24, 2.45) is 0 Å². The van der Waals surface area contributed by atoms with Crippen molar-refractivity contribution in [3.8, 4) is 0 Å². The lowest BCUT2D eigenvalue weighted by Crippen LogP contribution is -2.53. The van der Waals surface area contributed by atoms with Gasteiger partial charge in [-0.3, -0.25) is 0 Å². The second kappa shape index (κ2) is 5.34. The fourth-order valence-electron chi connectivity index (χ4n) is 2.11. The number of ether oxygens (including phenoxy) is 2. The summed E-state index contributed by atoms with van der Waals surface area (Å²) in [6, 6.07) is 0. The first kappa shape index (κ1) is 14.1. The Labute approximate surface area is 116 Å². The average molecular weight is 285 g/mol. The van der Waals surface area contributed by atoms with Crippen LogP contribution in [-0.2, 0) is 9.47 Å². The van der Waals surface area contributed by atoms with Gasteiger partial charge in [0.1, 0.15) is 10.6 Å². The van der Waals surface area contributed by atoms with Gasteiger partial charge in [0, 0.05) is 6.54 Å². The Kier molecular flexibility index (Phi) is 3.96. The smallest absolute Gasteiger partial charge is 0.345 e. The molecule has 6 nitrogen and oxygen atoms in total. The van der Waals surface area contributed by atoms with Gasteiger partial charge in [-0.05, 0) is 32.3 Å². The molecule has 1 aromatic heterocycles. The molecule has 2 rings (SSSR count). The molecule has 1 fully saturated rings. The van der Waals surface area contributed by atoms with Gasteiger partial charge in [0.25, 0.3) is 0 Å². The van der Waals surface area contributed by atoms with Crippen LogP contribution in [0.5, 0.6) is 0 Å². The molecule has 1 aliphatic heterocycles. The summed E-state index contributed by atoms with van der Waals surface area (Å²) in [6.07, 6.45) is 0. The molecular weight excluding hydrogens is 266 g/mol. The minimum absolute atomic E-state index is 0.196. The summed E-state index contributed by atoms with van der Waals surface area (Å²) in [5.41, 5.74) is 5.99. The average Bonchev–Trinajstić information content (AvgIpc) is 2.70. The molecule has 0 aliphatic carbocycles. The number of nitrogens with zero attached hydrogens (tertiary/aromatic N) is 2. The van der Waals surface area contributed by atoms with Crippen molar-refractivity contribution in [3.05, 3.63) is 5.56 Å². The maximum atomic E-state index is 12.0. The van der Waals surface area contributed by atoms with Gasteiger partial charge in [-0.25, -0.2) is 4.79 Å². The fourth-order valence-corrected chi connectivity index (χ4v) is 3.10. The summed E-state index contributed by atoms with van der Waals surface area (Å²) in [4.78, 5) is 14.1. The number of hydrogen-bond donors (Lipinski definition) is 1. The molecule has 1 aromatic rings. The second-order valence-corrected chi connectivity index (χ2v) is 5.74. The summed E-state index contributed by atoms with van der Waals surface area (Å²) in [6.45, 7) is 8.16. The van der Waals surface area contributed by atoms with Crippen LogP contribution in [0.2, 0.25) is 0 Å². The van der Waals surface area contributed by atoms with Gasteiger partial charge >= 0.3 is 5.97 Å². The summed E-state index contributed by atoms with van der Waals surface area (Å²) in [5, 5.41) is 0.768. The van der Waals surface area contributed by atoms with Gasteiger partial charge in [-0.1, -0.05) is 0 Å². The Balaban J connectivity index is 2.37. The standard InChI is InChI=1S/C12H19N3O3S/c1-4-18-11(16)8-9(13)14-19-10(8)15-5-6-17-7-12(15,2)3/h4-7H2,1-3H3,(H2,13,14). The van der Waals surface area contributed by atoms with E-state index in [0.717, 1.165) is 5.00 Å². The minimum Gasteiger partial charge on any atom is -0.462 e. The summed E-state index contributed by atoms with van der Waals surface area (Å²) in [5.74, 6) is -0.174. The van der Waals surface area contributed by atoms with Gasteiger partial charge in [0.2, 0.25) is 0 Å². The van der Waals surface area contributed by atoms with Crippen molar-refractivity contribution in [2.45, 2.75) is 26.3 Å². The highest BCUT2D eigenvalue weighted by molar-refractivity contribution is 7.11. The maximum Gasteiger partial charge on any atom is 0.345 e. The first-order valence-corrected chi connectivity index (χ1v) is 7.02. The lowest BCUT2D eigenvalue weighted by atomic mass is 10.0. The second-order valence-electron chi connectivity index (χ2n) is 4.99. The molecule has 0 spiro atoms. The highest BCUT2D eigenvalue weighted by Crippen LogP contribution is 2.36. The molecule has 0 amide bonds. The molecule has 19 heavy (non-hydrogen) atoms. The molecule has 0 saturated carbocycles. The molecule has 1 aliphatic rings. The van der Waals surface area contributed by atoms with E-state index < -0.39 is 5.97 Å². The van der Waals surface area contributed by atoms with Crippen molar-refractivity contribution in [2.75, 3.05) is 37.0 Å². The van der Waals surface area contributed by atoms with Crippen LogP contribution in [0.1, 0.15) is 31.1 Å². The van der Waals surface area contributed by atoms with Gasteiger partial charge in [0.05, 0.1) is 25.4 Å². The summed E-state index contributed by atoms with van der Waals surface area (Å²) in [7, 11) is 0. The molecule has 0 radical (unpaired) electrons. The zero-order valence-corrected chi connectivity index (χ0v) is 12.2. The molecular formula is C12H19N3O3S. The van der Waals surface area contributed by atoms with Gasteiger partial charge < -0.3 is 20.1 Å². The van der Waals surface area contributed by atoms with Gasteiger partial charge in [0.15, 0.2) is 5.82 Å². The number of esters is 1. The number of nitrogens with two attached hydrogens (primary N) is 1. The lowest BCUT2D eigenvalue weighted by Gasteiger charge is -2.42. The van der Waals surface area contributed by atoms with Gasteiger partial charge in [-0.2, -0.15) is 4.37 Å². The number of aromatic nitrogens is 1. The molecule has 0 unspecified atom stereocenters. The Hall–Kier alpha value is -1.34. The SMILES string of the molecule is CCOC(=O)c1c(N)nsc1N1CCOCC1(C)C. The number of morpholine rings is 1. The summed E-state index contributed by atoms with van der Waals surface area (Å²) >= 11 is 1.23. The first-order chi connectivity index (χ1) is 8.97. The molecule has 1 saturated heterocycles. The van der Waals surface area contributed by atoms with Crippen LogP contribution in [0.3, 0.4) is 0 Å². The molecule has 106 valence electrons. The number of nitrogen functional groups attached to an aromatic ring is 1. The molecule has 7 heteroatoms. The number of carbonyl (C=O) groups is 1. The molecule has 0 atom stereocenters. The number of carbonyl (C=O) groups excluding carboxylic acids is 1. The van der Waals surface area contributed by atoms with Crippen molar-refractivity contribution in [1.29, 1.82) is 0 Å². The lowest BCUT2D eigenvalue weighted by molar-refractivity contribution is 0.0521. The summed E-state index contributed by atoms with van der Waals surface area (Å²) < 4.78 is 14.6. The molecule has 2 N–H and O–H groups in total. The predicted molar refractivity (Wildman–Crippen MR) is 74.7 cm³/mol. The molecule has 0 aromatic carbocycles. The topological polar surface area (TPSA) is 77.7 Å². The van der Waals surface area contributed by atoms with Crippen LogP contribution in [0, 0.1) is 0 Å². The Morgan fingerprint density at radius 1 is 1.63 bits per heavy atom. The van der Waals surface area contributed by atoms with E-state index in [-0.39, 0.29) is 11.4 Å². The van der Waals surface area contributed by atoms with Crippen LogP contribution in [0.4, 0.5) is 10.8 Å². The van der Waals surface area contributed by atoms with Crippen LogP contribution in [-0.4, -0.2) is 42.2 Å². The van der Waals surface area contributed by atoms with Crippen molar-refractivity contribution in [1.82, 2.24) is 4.37 Å². The van der Waals surface area contributed by atoms with Crippen molar-refractivity contribution >= 4 is 28.3 Å². The number of anilines is 2. The zero-order valence-electron chi connectivity index (χ0n) is 11.4. The highest BCUT2D eigenvalue weighted by atomic mass is 32.1. The van der Waals surface area contributed by atoms with Crippen LogP contribution in [0.25, 0.3) is 0 Å². The van der Waals surface area contributed by atoms with E-state index in [1.54, 1.807) is 6.92 Å². The van der Waals surface area contributed by atoms with E-state index >= 15 is 0 Å². The highest BCUT2D eigenvalue weighted by Gasteiger charge is 2.35. The quantitative estimate of drug-likeness (QED) is 0.848. The number of hydrogen-bond acceptors (Lipinski definition) is 7. The largest absolute Gasteiger partial charge is 0.462 e. The first-order valence-electron chi connectivity index (χ1n) is 6.25. The monoisotopic (exact) mass is 285 g/mol. The Morgan fingerprint density at radius 3 is 3.00 bits per heavy atom. The van der Waals surface area contributed by atoms with E-state index in [4.69, 9.17) is 15.2 Å². The van der Waals surface area contributed by atoms with E-state index in [1.165, 1.54) is 11.5 Å². The van der Waals surface area contributed by atoms with Crippen LogP contribution >= 0.6 is 11.5 Å². The molecule has 2 heterocycles. The maximum absolute atomic E-state index is 12.0. The van der Waals surface area contributed by atoms with Crippen molar-refractivity contribution in [3.63, 3.8) is 0 Å². The fraction of sp³-hybridized carbons (Fsp3) is 0.667. The van der Waals surface area contributed by atoms with E-state index in [1.807, 2.05) is 0 Å². The predicted octanol–water partition coefficient (Wildman–Crippen LogP) is 1.52. The zero-order chi connectivity index (χ0) is 14.0. The van der Waals surface area contributed by atoms with E-state index in [2.05, 4.69) is 23.1 Å². The van der Waals surface area contributed by atoms with Crippen molar-refractivity contribution < 1.29 is 14.3 Å². The van der Waals surface area contributed by atoms with Crippen LogP contribution in [0.15, 0.2) is 0 Å². The van der Waals surface area contributed by atoms with Gasteiger partial charge in [-0.15, -0.1) is 0 Å². The molecule has 0 bridgehead atoms. The number of rotatable bonds is 3. The van der Waals surface area contributed by atoms with E-state index in [9.17, 15) is 4.79 Å². The third-order valence-electron chi connectivity index (χ3n) is 3.07. The van der Waals surface area contributed by atoms with E-state index in [0.29, 0.717) is 31.9 Å². The third-order valence-corrected chi connectivity index (χ3v) is 3.96. The normalized spacial score (nSPS) is 18.4. The Bertz CT molecular complexity index is 473. The Morgan fingerprint density at radius 2 is 2.37 bits per heavy atom. The third kappa shape index (κ3) is 2.66. The van der Waals surface area contributed by atoms with Crippen LogP contribution < -0.4 is 10.6 Å². The minimum atomic E-state index is -0.411.